The van der Waals surface area contributed by atoms with Crippen LogP contribution >= 0.6 is 0 Å². The average Bonchev–Trinajstić information content (AvgIpc) is 3.15. The predicted octanol–water partition coefficient (Wildman–Crippen LogP) is 10.4. The van der Waals surface area contributed by atoms with E-state index in [4.69, 9.17) is 8.85 Å². The van der Waals surface area contributed by atoms with E-state index in [1.54, 1.807) is 11.1 Å². The predicted molar refractivity (Wildman–Crippen MR) is 174 cm³/mol. The number of hydrogen-bond acceptors (Lipinski definition) is 3. The first-order valence-electron chi connectivity index (χ1n) is 16.3. The number of allylic oxidation sites excluding steroid dienone is 3. The Balaban J connectivity index is 1.73. The standard InChI is InChI=1S/C35H61NO2Si2/c1-24(19-21-36)28-16-17-29-27-15-14-25-22-26(37-39(10,11)32(2,3)4)23-31(38-40(12,13)33(5,6)7)35(25,9)30(27)18-20-34(28,29)8/h14-15,24,26,28-31H,16-20,22-23H2,1-13H3/t24-,26-,28-,29+,30+,31+,34-,35+/m1/s1. The van der Waals surface area contributed by atoms with Gasteiger partial charge in [-0.15, -0.1) is 0 Å². The van der Waals surface area contributed by atoms with Crippen molar-refractivity contribution >= 4 is 16.6 Å². The Hall–Kier alpha value is -0.676. The quantitative estimate of drug-likeness (QED) is 0.292. The van der Waals surface area contributed by atoms with Crippen molar-refractivity contribution in [3.63, 3.8) is 0 Å². The van der Waals surface area contributed by atoms with Crippen LogP contribution in [0.2, 0.25) is 36.3 Å². The average molecular weight is 584 g/mol. The van der Waals surface area contributed by atoms with Crippen LogP contribution in [0.4, 0.5) is 0 Å². The lowest BCUT2D eigenvalue weighted by molar-refractivity contribution is -0.0448. The molecule has 3 saturated carbocycles. The van der Waals surface area contributed by atoms with Crippen molar-refractivity contribution in [1.29, 1.82) is 5.26 Å². The normalized spacial score (nSPS) is 37.5. The van der Waals surface area contributed by atoms with Gasteiger partial charge in [-0.2, -0.15) is 5.26 Å². The Kier molecular flexibility index (Phi) is 8.46. The van der Waals surface area contributed by atoms with Crippen LogP contribution in [0.5, 0.6) is 0 Å². The molecule has 0 bridgehead atoms. The van der Waals surface area contributed by atoms with Gasteiger partial charge in [0, 0.05) is 11.8 Å². The fourth-order valence-corrected chi connectivity index (χ4v) is 11.4. The van der Waals surface area contributed by atoms with Gasteiger partial charge < -0.3 is 8.85 Å². The Labute approximate surface area is 249 Å². The number of fused-ring (bicyclic) bond motifs is 5. The van der Waals surface area contributed by atoms with Crippen molar-refractivity contribution in [1.82, 2.24) is 0 Å². The van der Waals surface area contributed by atoms with Crippen molar-refractivity contribution in [3.8, 4) is 6.07 Å². The van der Waals surface area contributed by atoms with Gasteiger partial charge in [-0.05, 0) is 104 Å². The summed E-state index contributed by atoms with van der Waals surface area (Å²) in [7, 11) is -3.89. The molecule has 8 atom stereocenters. The second kappa shape index (κ2) is 10.5. The molecule has 0 aromatic heterocycles. The van der Waals surface area contributed by atoms with Gasteiger partial charge in [0.15, 0.2) is 16.6 Å². The van der Waals surface area contributed by atoms with E-state index in [0.717, 1.165) is 12.8 Å². The summed E-state index contributed by atoms with van der Waals surface area (Å²) >= 11 is 0. The van der Waals surface area contributed by atoms with Crippen molar-refractivity contribution in [2.24, 2.45) is 34.5 Å². The molecular formula is C35H61NO2Si2. The molecule has 40 heavy (non-hydrogen) atoms. The Morgan fingerprint density at radius 3 is 2.10 bits per heavy atom. The van der Waals surface area contributed by atoms with Crippen molar-refractivity contribution in [2.75, 3.05) is 0 Å². The molecule has 0 aromatic rings. The molecule has 3 nitrogen and oxygen atoms in total. The van der Waals surface area contributed by atoms with E-state index in [1.807, 2.05) is 0 Å². The van der Waals surface area contributed by atoms with Crippen LogP contribution in [0.3, 0.4) is 0 Å². The van der Waals surface area contributed by atoms with E-state index in [0.29, 0.717) is 35.5 Å². The largest absolute Gasteiger partial charge is 0.414 e. The molecular weight excluding hydrogens is 523 g/mol. The lowest BCUT2D eigenvalue weighted by Gasteiger charge is -2.59. The van der Waals surface area contributed by atoms with Gasteiger partial charge >= 0.3 is 0 Å². The van der Waals surface area contributed by atoms with Gasteiger partial charge in [0.05, 0.1) is 18.3 Å². The van der Waals surface area contributed by atoms with Crippen molar-refractivity contribution in [3.05, 3.63) is 23.3 Å². The van der Waals surface area contributed by atoms with Crippen LogP contribution in [-0.4, -0.2) is 28.8 Å². The zero-order chi connectivity index (χ0) is 30.1. The summed E-state index contributed by atoms with van der Waals surface area (Å²) in [5.41, 5.74) is 3.64. The number of hydrogen-bond donors (Lipinski definition) is 0. The molecule has 4 aliphatic carbocycles. The van der Waals surface area contributed by atoms with Crippen LogP contribution in [0.15, 0.2) is 23.3 Å². The first-order chi connectivity index (χ1) is 18.2. The summed E-state index contributed by atoms with van der Waals surface area (Å²) in [4.78, 5) is 0. The second-order valence-corrected chi connectivity index (χ2v) is 27.1. The van der Waals surface area contributed by atoms with Gasteiger partial charge in [-0.3, -0.25) is 0 Å². The fourth-order valence-electron chi connectivity index (χ4n) is 8.65. The Morgan fingerprint density at radius 2 is 1.52 bits per heavy atom. The van der Waals surface area contributed by atoms with Gasteiger partial charge in [0.2, 0.25) is 0 Å². The van der Waals surface area contributed by atoms with Crippen LogP contribution in [0.1, 0.15) is 107 Å². The van der Waals surface area contributed by atoms with E-state index < -0.39 is 16.6 Å². The molecule has 226 valence electrons. The maximum absolute atomic E-state index is 9.46. The third-order valence-corrected chi connectivity index (χ3v) is 22.3. The Morgan fingerprint density at radius 1 is 0.925 bits per heavy atom. The van der Waals surface area contributed by atoms with E-state index in [-0.39, 0.29) is 27.7 Å². The van der Waals surface area contributed by atoms with Crippen LogP contribution in [0, 0.1) is 45.8 Å². The summed E-state index contributed by atoms with van der Waals surface area (Å²) in [5.74, 6) is 2.34. The summed E-state index contributed by atoms with van der Waals surface area (Å²) in [5, 5.41) is 9.83. The van der Waals surface area contributed by atoms with E-state index >= 15 is 0 Å². The van der Waals surface area contributed by atoms with Crippen molar-refractivity contribution < 1.29 is 8.85 Å². The lowest BCUT2D eigenvalue weighted by Crippen LogP contribution is -2.58. The molecule has 4 rings (SSSR count). The molecule has 0 radical (unpaired) electrons. The summed E-state index contributed by atoms with van der Waals surface area (Å²) in [6.07, 6.45) is 13.3. The molecule has 0 aliphatic heterocycles. The highest BCUT2D eigenvalue weighted by atomic mass is 28.4. The minimum atomic E-state index is -1.99. The molecule has 0 spiro atoms. The number of rotatable bonds is 6. The highest BCUT2D eigenvalue weighted by molar-refractivity contribution is 6.74. The molecule has 0 unspecified atom stereocenters. The molecule has 4 aliphatic rings. The van der Waals surface area contributed by atoms with E-state index in [9.17, 15) is 5.26 Å². The highest BCUT2D eigenvalue weighted by Gasteiger charge is 2.60. The van der Waals surface area contributed by atoms with Crippen LogP contribution in [0.25, 0.3) is 0 Å². The minimum Gasteiger partial charge on any atom is -0.414 e. The second-order valence-electron chi connectivity index (χ2n) is 17.6. The van der Waals surface area contributed by atoms with Gasteiger partial charge in [-0.1, -0.05) is 85.6 Å². The first kappa shape index (κ1) is 32.2. The van der Waals surface area contributed by atoms with E-state index in [2.05, 4.69) is 107 Å². The fraction of sp³-hybridized carbons (Fsp3) is 0.857. The summed E-state index contributed by atoms with van der Waals surface area (Å²) < 4.78 is 14.6. The maximum Gasteiger partial charge on any atom is 0.192 e. The monoisotopic (exact) mass is 583 g/mol. The molecule has 0 amide bonds. The molecule has 0 saturated heterocycles. The van der Waals surface area contributed by atoms with Crippen LogP contribution in [-0.2, 0) is 8.85 Å². The van der Waals surface area contributed by atoms with Gasteiger partial charge in [0.25, 0.3) is 0 Å². The van der Waals surface area contributed by atoms with Gasteiger partial charge in [0.1, 0.15) is 0 Å². The van der Waals surface area contributed by atoms with Gasteiger partial charge in [-0.25, -0.2) is 0 Å². The molecule has 0 N–H and O–H groups in total. The highest BCUT2D eigenvalue weighted by Crippen LogP contribution is 2.67. The SMILES string of the molecule is C[C@H](CC#N)[C@H]1CC[C@H]2C3=CC=C4C[C@@H](O[Si](C)(C)C(C)(C)C)C[C@H](O[Si](C)(C)C(C)(C)C)[C@]4(C)[C@H]3CC[C@]12C. The molecule has 3 fully saturated rings. The topological polar surface area (TPSA) is 42.2 Å². The minimum absolute atomic E-state index is 0.0323. The Bertz CT molecular complexity index is 1070. The lowest BCUT2D eigenvalue weighted by atomic mass is 9.49. The number of nitrogens with zero attached hydrogens (tertiary/aromatic N) is 1. The summed E-state index contributed by atoms with van der Waals surface area (Å²) in [6.45, 7) is 31.4. The third-order valence-electron chi connectivity index (χ3n) is 13.3. The molecule has 5 heteroatoms. The van der Waals surface area contributed by atoms with Crippen molar-refractivity contribution in [2.45, 2.75) is 156 Å². The third kappa shape index (κ3) is 5.31. The molecule has 0 aromatic carbocycles. The molecule has 0 heterocycles. The smallest absolute Gasteiger partial charge is 0.192 e. The zero-order valence-electron chi connectivity index (χ0n) is 28.3. The first-order valence-corrected chi connectivity index (χ1v) is 22.1. The summed E-state index contributed by atoms with van der Waals surface area (Å²) in [6, 6.07) is 2.48. The van der Waals surface area contributed by atoms with E-state index in [1.165, 1.54) is 25.7 Å². The maximum atomic E-state index is 9.46. The van der Waals surface area contributed by atoms with Crippen LogP contribution < -0.4 is 0 Å². The number of nitriles is 1. The zero-order valence-corrected chi connectivity index (χ0v) is 30.3.